The van der Waals surface area contributed by atoms with Crippen LogP contribution in [-0.4, -0.2) is 46.1 Å². The molecule has 1 N–H and O–H groups in total. The fraction of sp³-hybridized carbons (Fsp3) is 0.556. The summed E-state index contributed by atoms with van der Waals surface area (Å²) in [4.78, 5) is 4.29. The van der Waals surface area contributed by atoms with Gasteiger partial charge in [-0.1, -0.05) is 6.07 Å². The highest BCUT2D eigenvalue weighted by Gasteiger charge is 2.40. The van der Waals surface area contributed by atoms with E-state index in [0.29, 0.717) is 5.41 Å². The largest absolute Gasteiger partial charge is 0.316 e. The van der Waals surface area contributed by atoms with Crippen LogP contribution in [0, 0.1) is 19.3 Å². The molecule has 1 atom stereocenters. The lowest BCUT2D eigenvalue weighted by molar-refractivity contribution is 0.266. The summed E-state index contributed by atoms with van der Waals surface area (Å²) in [6, 6.07) is 6.44. The predicted molar refractivity (Wildman–Crippen MR) is 97.9 cm³/mol. The summed E-state index contributed by atoms with van der Waals surface area (Å²) in [5.74, 6) is 0. The van der Waals surface area contributed by atoms with E-state index >= 15 is 0 Å². The molecular weight excluding hydrogens is 322 g/mol. The van der Waals surface area contributed by atoms with Crippen LogP contribution in [0.1, 0.15) is 29.7 Å². The van der Waals surface area contributed by atoms with Gasteiger partial charge >= 0.3 is 0 Å². The summed E-state index contributed by atoms with van der Waals surface area (Å²) < 4.78 is 0. The van der Waals surface area contributed by atoms with Crippen molar-refractivity contribution in [3.63, 3.8) is 0 Å². The number of nitrogens with one attached hydrogen (secondary N) is 1. The summed E-state index contributed by atoms with van der Waals surface area (Å²) in [5.41, 5.74) is 5.12. The van der Waals surface area contributed by atoms with Crippen LogP contribution in [0.25, 0.3) is 5.69 Å². The fourth-order valence-corrected chi connectivity index (χ4v) is 4.09. The van der Waals surface area contributed by atoms with Crippen molar-refractivity contribution in [2.24, 2.45) is 5.41 Å². The third-order valence-electron chi connectivity index (χ3n) is 5.21. The van der Waals surface area contributed by atoms with Gasteiger partial charge < -0.3 is 5.32 Å². The first-order valence-electron chi connectivity index (χ1n) is 8.55. The summed E-state index contributed by atoms with van der Waals surface area (Å²) in [6.45, 7) is 9.86. The molecule has 2 saturated heterocycles. The number of aryl methyl sites for hydroxylation is 2. The van der Waals surface area contributed by atoms with Gasteiger partial charge in [-0.05, 0) is 68.5 Å². The molecule has 4 rings (SSSR count). The van der Waals surface area contributed by atoms with Crippen molar-refractivity contribution in [3.05, 3.63) is 41.2 Å². The monoisotopic (exact) mass is 347 g/mol. The molecule has 1 aromatic carbocycles. The van der Waals surface area contributed by atoms with Gasteiger partial charge in [-0.25, -0.2) is 0 Å². The summed E-state index contributed by atoms with van der Waals surface area (Å²) in [7, 11) is 0. The number of halogens is 1. The zero-order chi connectivity index (χ0) is 15.9. The normalized spacial score (nSPS) is 23.8. The van der Waals surface area contributed by atoms with E-state index in [1.54, 1.807) is 4.80 Å². The van der Waals surface area contributed by atoms with E-state index in [2.05, 4.69) is 52.5 Å². The SMILES string of the molecule is Cc1cc(C)cc(-n2ncc(CN3CCC4(CCNC4)C3)n2)c1.Cl. The second-order valence-corrected chi connectivity index (χ2v) is 7.36. The third kappa shape index (κ3) is 3.48. The number of nitrogens with zero attached hydrogens (tertiary/aromatic N) is 4. The van der Waals surface area contributed by atoms with Crippen LogP contribution in [-0.2, 0) is 6.54 Å². The lowest BCUT2D eigenvalue weighted by Gasteiger charge is -2.22. The zero-order valence-electron chi connectivity index (χ0n) is 14.5. The van der Waals surface area contributed by atoms with Crippen LogP contribution in [0.2, 0.25) is 0 Å². The number of rotatable bonds is 3. The van der Waals surface area contributed by atoms with E-state index in [4.69, 9.17) is 0 Å². The maximum absolute atomic E-state index is 4.69. The van der Waals surface area contributed by atoms with E-state index < -0.39 is 0 Å². The standard InChI is InChI=1S/C18H25N5.ClH/c1-14-7-15(2)9-17(8-14)23-20-10-16(21-23)11-22-6-4-18(13-22)3-5-19-12-18;/h7-10,19H,3-6,11-13H2,1-2H3;1H. The Labute approximate surface area is 149 Å². The van der Waals surface area contributed by atoms with Crippen LogP contribution in [0.5, 0.6) is 0 Å². The Morgan fingerprint density at radius 3 is 2.67 bits per heavy atom. The average molecular weight is 348 g/mol. The van der Waals surface area contributed by atoms with Crippen LogP contribution >= 0.6 is 12.4 Å². The molecule has 2 aromatic rings. The Morgan fingerprint density at radius 2 is 1.96 bits per heavy atom. The van der Waals surface area contributed by atoms with Crippen molar-refractivity contribution in [1.29, 1.82) is 0 Å². The molecule has 0 aliphatic carbocycles. The number of hydrogen-bond donors (Lipinski definition) is 1. The molecule has 2 fully saturated rings. The number of hydrogen-bond acceptors (Lipinski definition) is 4. The summed E-state index contributed by atoms with van der Waals surface area (Å²) >= 11 is 0. The van der Waals surface area contributed by atoms with Crippen molar-refractivity contribution in [2.75, 3.05) is 26.2 Å². The van der Waals surface area contributed by atoms with E-state index in [-0.39, 0.29) is 12.4 Å². The van der Waals surface area contributed by atoms with Crippen LogP contribution in [0.15, 0.2) is 24.4 Å². The molecule has 130 valence electrons. The van der Waals surface area contributed by atoms with Crippen molar-refractivity contribution in [3.8, 4) is 5.69 Å². The van der Waals surface area contributed by atoms with Crippen molar-refractivity contribution < 1.29 is 0 Å². The second-order valence-electron chi connectivity index (χ2n) is 7.36. The van der Waals surface area contributed by atoms with E-state index in [1.165, 1.54) is 50.1 Å². The highest BCUT2D eigenvalue weighted by molar-refractivity contribution is 5.85. The minimum Gasteiger partial charge on any atom is -0.316 e. The molecule has 24 heavy (non-hydrogen) atoms. The van der Waals surface area contributed by atoms with E-state index in [9.17, 15) is 0 Å². The van der Waals surface area contributed by atoms with Gasteiger partial charge in [0.25, 0.3) is 0 Å². The number of benzene rings is 1. The lowest BCUT2D eigenvalue weighted by Crippen LogP contribution is -2.29. The van der Waals surface area contributed by atoms with Gasteiger partial charge in [0.2, 0.25) is 0 Å². The van der Waals surface area contributed by atoms with Crippen LogP contribution in [0.3, 0.4) is 0 Å². The maximum Gasteiger partial charge on any atom is 0.0971 e. The Bertz CT molecular complexity index is 685. The van der Waals surface area contributed by atoms with Gasteiger partial charge in [-0.15, -0.1) is 12.4 Å². The summed E-state index contributed by atoms with van der Waals surface area (Å²) in [6.07, 6.45) is 4.54. The zero-order valence-corrected chi connectivity index (χ0v) is 15.3. The van der Waals surface area contributed by atoms with Gasteiger partial charge in [0.05, 0.1) is 17.6 Å². The van der Waals surface area contributed by atoms with Gasteiger partial charge in [0.1, 0.15) is 0 Å². The first kappa shape index (κ1) is 17.4. The van der Waals surface area contributed by atoms with Gasteiger partial charge in [-0.3, -0.25) is 4.90 Å². The molecule has 6 heteroatoms. The van der Waals surface area contributed by atoms with E-state index in [1.807, 2.05) is 6.20 Å². The molecule has 2 aliphatic heterocycles. The molecule has 2 aliphatic rings. The van der Waals surface area contributed by atoms with Crippen molar-refractivity contribution in [2.45, 2.75) is 33.2 Å². The quantitative estimate of drug-likeness (QED) is 0.926. The van der Waals surface area contributed by atoms with Gasteiger partial charge in [0, 0.05) is 19.6 Å². The van der Waals surface area contributed by atoms with Crippen molar-refractivity contribution in [1.82, 2.24) is 25.2 Å². The first-order chi connectivity index (χ1) is 11.1. The molecule has 3 heterocycles. The topological polar surface area (TPSA) is 46.0 Å². The maximum atomic E-state index is 4.69. The minimum atomic E-state index is 0. The average Bonchev–Trinajstić information content (AvgIpc) is 3.22. The smallest absolute Gasteiger partial charge is 0.0971 e. The van der Waals surface area contributed by atoms with E-state index in [0.717, 1.165) is 17.9 Å². The molecule has 5 nitrogen and oxygen atoms in total. The minimum absolute atomic E-state index is 0. The van der Waals surface area contributed by atoms with Gasteiger partial charge in [-0.2, -0.15) is 15.0 Å². The highest BCUT2D eigenvalue weighted by Crippen LogP contribution is 2.36. The molecule has 0 saturated carbocycles. The molecule has 1 spiro atoms. The predicted octanol–water partition coefficient (Wildman–Crippen LogP) is 2.49. The second kappa shape index (κ2) is 6.82. The Hall–Kier alpha value is -1.43. The third-order valence-corrected chi connectivity index (χ3v) is 5.21. The summed E-state index contributed by atoms with van der Waals surface area (Å²) in [5, 5.41) is 12.7. The molecule has 0 bridgehead atoms. The molecular formula is C18H26ClN5. The van der Waals surface area contributed by atoms with Crippen LogP contribution < -0.4 is 5.32 Å². The highest BCUT2D eigenvalue weighted by atomic mass is 35.5. The number of likely N-dealkylation sites (tertiary alicyclic amines) is 1. The molecule has 0 radical (unpaired) electrons. The van der Waals surface area contributed by atoms with Crippen molar-refractivity contribution >= 4 is 12.4 Å². The lowest BCUT2D eigenvalue weighted by atomic mass is 9.87. The van der Waals surface area contributed by atoms with Crippen LogP contribution in [0.4, 0.5) is 0 Å². The molecule has 0 amide bonds. The Kier molecular flexibility index (Phi) is 4.95. The molecule has 1 unspecified atom stereocenters. The first-order valence-corrected chi connectivity index (χ1v) is 8.55. The molecule has 1 aromatic heterocycles. The van der Waals surface area contributed by atoms with Gasteiger partial charge in [0.15, 0.2) is 0 Å². The Morgan fingerprint density at radius 1 is 1.17 bits per heavy atom. The Balaban J connectivity index is 0.00000169. The number of aromatic nitrogens is 3. The fourth-order valence-electron chi connectivity index (χ4n) is 4.09.